The Kier molecular flexibility index (Phi) is 2.09. The Morgan fingerprint density at radius 3 is 2.22 bits per heavy atom. The lowest BCUT2D eigenvalue weighted by Crippen LogP contribution is -2.34. The Hall–Kier alpha value is -0.280. The highest BCUT2D eigenvalue weighted by atomic mass is 35.5. The van der Waals surface area contributed by atoms with Crippen LogP contribution in [0.5, 0.6) is 0 Å². The van der Waals surface area contributed by atoms with Gasteiger partial charge in [0.05, 0.1) is 0 Å². The molecule has 1 saturated carbocycles. The number of hydrogen-bond acceptors (Lipinski definition) is 2. The molecule has 0 bridgehead atoms. The zero-order valence-electron chi connectivity index (χ0n) is 5.13. The fourth-order valence-corrected chi connectivity index (χ4v) is 0.746. The third-order valence-electron chi connectivity index (χ3n) is 1.76. The minimum Gasteiger partial charge on any atom is -0.480 e. The molecule has 3 nitrogen and oxygen atoms in total. The third kappa shape index (κ3) is 1.17. The van der Waals surface area contributed by atoms with Gasteiger partial charge in [-0.3, -0.25) is 4.79 Å². The summed E-state index contributed by atoms with van der Waals surface area (Å²) in [5.41, 5.74) is 4.46. The maximum Gasteiger partial charge on any atom is 0.323 e. The molecule has 54 valence electrons. The monoisotopic (exact) mass is 151 g/mol. The molecule has 0 saturated heterocycles. The largest absolute Gasteiger partial charge is 0.480 e. The average molecular weight is 152 g/mol. The molecule has 4 heteroatoms. The van der Waals surface area contributed by atoms with Crippen LogP contribution in [0.3, 0.4) is 0 Å². The summed E-state index contributed by atoms with van der Waals surface area (Å²) >= 11 is 0. The molecule has 0 radical (unpaired) electrons. The van der Waals surface area contributed by atoms with E-state index in [9.17, 15) is 4.79 Å². The predicted octanol–water partition coefficient (Wildman–Crippen LogP) is 0.230. The van der Waals surface area contributed by atoms with Gasteiger partial charge in [0.25, 0.3) is 0 Å². The molecule has 9 heavy (non-hydrogen) atoms. The van der Waals surface area contributed by atoms with Gasteiger partial charge in [0.15, 0.2) is 0 Å². The normalized spacial score (nSPS) is 39.1. The molecule has 1 aliphatic carbocycles. The second-order valence-electron chi connectivity index (χ2n) is 2.45. The van der Waals surface area contributed by atoms with Gasteiger partial charge in [0.2, 0.25) is 0 Å². The maximum atomic E-state index is 10.2. The van der Waals surface area contributed by atoms with Crippen molar-refractivity contribution in [1.82, 2.24) is 0 Å². The van der Waals surface area contributed by atoms with Gasteiger partial charge in [-0.2, -0.15) is 0 Å². The van der Waals surface area contributed by atoms with E-state index in [0.717, 1.165) is 0 Å². The number of carboxylic acids is 1. The molecule has 2 atom stereocenters. The molecule has 0 aromatic rings. The van der Waals surface area contributed by atoms with Gasteiger partial charge in [-0.15, -0.1) is 12.4 Å². The van der Waals surface area contributed by atoms with Crippen molar-refractivity contribution in [3.05, 3.63) is 0 Å². The van der Waals surface area contributed by atoms with E-state index in [1.54, 1.807) is 0 Å². The van der Waals surface area contributed by atoms with E-state index in [2.05, 4.69) is 0 Å². The van der Waals surface area contributed by atoms with Gasteiger partial charge in [0, 0.05) is 0 Å². The first kappa shape index (κ1) is 8.72. The molecule has 1 rings (SSSR count). The summed E-state index contributed by atoms with van der Waals surface area (Å²) in [7, 11) is 0. The van der Waals surface area contributed by atoms with Crippen molar-refractivity contribution in [2.45, 2.75) is 18.9 Å². The average Bonchev–Trinajstić information content (AvgIpc) is 2.17. The van der Waals surface area contributed by atoms with E-state index < -0.39 is 11.5 Å². The topological polar surface area (TPSA) is 63.3 Å². The van der Waals surface area contributed by atoms with Crippen molar-refractivity contribution in [3.8, 4) is 0 Å². The van der Waals surface area contributed by atoms with Crippen LogP contribution in [0.15, 0.2) is 0 Å². The molecule has 1 fully saturated rings. The molecule has 0 aromatic heterocycles. The number of halogens is 1. The van der Waals surface area contributed by atoms with Crippen molar-refractivity contribution < 1.29 is 9.90 Å². The first-order valence-electron chi connectivity index (χ1n) is 2.59. The zero-order chi connectivity index (χ0) is 6.36. The van der Waals surface area contributed by atoms with E-state index in [-0.39, 0.29) is 18.3 Å². The van der Waals surface area contributed by atoms with Crippen LogP contribution in [0.1, 0.15) is 13.3 Å². The lowest BCUT2D eigenvalue weighted by atomic mass is 10.2. The highest BCUT2D eigenvalue weighted by molar-refractivity contribution is 5.85. The van der Waals surface area contributed by atoms with E-state index in [0.29, 0.717) is 6.42 Å². The minimum atomic E-state index is -0.875. The Balaban J connectivity index is 0.000000640. The predicted molar refractivity (Wildman–Crippen MR) is 35.6 cm³/mol. The number of nitrogens with two attached hydrogens (primary N) is 1. The van der Waals surface area contributed by atoms with Crippen LogP contribution in [-0.4, -0.2) is 16.6 Å². The Labute approximate surface area is 59.6 Å². The summed E-state index contributed by atoms with van der Waals surface area (Å²) in [6.07, 6.45) is 0.627. The van der Waals surface area contributed by atoms with E-state index >= 15 is 0 Å². The highest BCUT2D eigenvalue weighted by Crippen LogP contribution is 2.40. The van der Waals surface area contributed by atoms with Crippen LogP contribution in [-0.2, 0) is 4.79 Å². The third-order valence-corrected chi connectivity index (χ3v) is 1.76. The molecule has 1 aliphatic rings. The van der Waals surface area contributed by atoms with Crippen LogP contribution in [0.2, 0.25) is 0 Å². The number of carbonyl (C=O) groups is 1. The highest BCUT2D eigenvalue weighted by Gasteiger charge is 2.54. The van der Waals surface area contributed by atoms with Gasteiger partial charge >= 0.3 is 5.97 Å². The van der Waals surface area contributed by atoms with Crippen LogP contribution in [0.4, 0.5) is 0 Å². The molecule has 0 spiro atoms. The number of hydrogen-bond donors (Lipinski definition) is 2. The standard InChI is InChI=1S/C5H9NO2.ClH/c1-3-2-5(3,6)4(7)8;/h3H,2,6H2,1H3,(H,7,8);1H/t3-,5-;/m1./s1. The lowest BCUT2D eigenvalue weighted by molar-refractivity contribution is -0.140. The Morgan fingerprint density at radius 1 is 1.89 bits per heavy atom. The smallest absolute Gasteiger partial charge is 0.323 e. The van der Waals surface area contributed by atoms with Crippen LogP contribution in [0, 0.1) is 5.92 Å². The molecule has 0 amide bonds. The fourth-order valence-electron chi connectivity index (χ4n) is 0.746. The van der Waals surface area contributed by atoms with Crippen molar-refractivity contribution in [3.63, 3.8) is 0 Å². The summed E-state index contributed by atoms with van der Waals surface area (Å²) in [5.74, 6) is -0.704. The second-order valence-corrected chi connectivity index (χ2v) is 2.45. The molecule has 3 N–H and O–H groups in total. The molecular formula is C5H10ClNO2. The summed E-state index contributed by atoms with van der Waals surface area (Å²) in [6.45, 7) is 1.84. The summed E-state index contributed by atoms with van der Waals surface area (Å²) in [4.78, 5) is 10.2. The first-order valence-corrected chi connectivity index (χ1v) is 2.59. The van der Waals surface area contributed by atoms with Gasteiger partial charge in [-0.25, -0.2) is 0 Å². The fraction of sp³-hybridized carbons (Fsp3) is 0.800. The molecule has 0 heterocycles. The van der Waals surface area contributed by atoms with Crippen LogP contribution >= 0.6 is 12.4 Å². The van der Waals surface area contributed by atoms with Crippen molar-refractivity contribution in [2.24, 2.45) is 11.7 Å². The van der Waals surface area contributed by atoms with Crippen molar-refractivity contribution in [2.75, 3.05) is 0 Å². The molecular weight excluding hydrogens is 142 g/mol. The number of carboxylic acid groups (broad SMARTS) is 1. The van der Waals surface area contributed by atoms with Gasteiger partial charge in [-0.05, 0) is 12.3 Å². The van der Waals surface area contributed by atoms with E-state index in [4.69, 9.17) is 10.8 Å². The molecule has 0 aliphatic heterocycles. The number of aliphatic carboxylic acids is 1. The first-order chi connectivity index (χ1) is 3.57. The van der Waals surface area contributed by atoms with Crippen LogP contribution < -0.4 is 5.73 Å². The van der Waals surface area contributed by atoms with Crippen molar-refractivity contribution >= 4 is 18.4 Å². The summed E-state index contributed by atoms with van der Waals surface area (Å²) in [6, 6.07) is 0. The van der Waals surface area contributed by atoms with Gasteiger partial charge < -0.3 is 10.8 Å². The minimum absolute atomic E-state index is 0. The molecule has 0 unspecified atom stereocenters. The molecule has 0 aromatic carbocycles. The van der Waals surface area contributed by atoms with Crippen molar-refractivity contribution in [1.29, 1.82) is 0 Å². The lowest BCUT2D eigenvalue weighted by Gasteiger charge is -1.98. The van der Waals surface area contributed by atoms with Crippen LogP contribution in [0.25, 0.3) is 0 Å². The van der Waals surface area contributed by atoms with E-state index in [1.807, 2.05) is 6.92 Å². The Morgan fingerprint density at radius 2 is 2.22 bits per heavy atom. The Bertz CT molecular complexity index is 139. The summed E-state index contributed by atoms with van der Waals surface area (Å²) < 4.78 is 0. The maximum absolute atomic E-state index is 10.2. The van der Waals surface area contributed by atoms with Gasteiger partial charge in [-0.1, -0.05) is 6.92 Å². The van der Waals surface area contributed by atoms with Gasteiger partial charge in [0.1, 0.15) is 5.54 Å². The quantitative estimate of drug-likeness (QED) is 0.564. The SMILES string of the molecule is C[C@@H]1C[C@]1(N)C(=O)O.Cl. The summed E-state index contributed by atoms with van der Waals surface area (Å²) in [5, 5.41) is 8.36. The second kappa shape index (κ2) is 2.15. The zero-order valence-corrected chi connectivity index (χ0v) is 5.94. The number of rotatable bonds is 1. The van der Waals surface area contributed by atoms with E-state index in [1.165, 1.54) is 0 Å².